The lowest BCUT2D eigenvalue weighted by molar-refractivity contribution is 0.393. The zero-order valence-corrected chi connectivity index (χ0v) is 9.53. The first kappa shape index (κ1) is 11.3. The Labute approximate surface area is 93.3 Å². The summed E-state index contributed by atoms with van der Waals surface area (Å²) in [5, 5.41) is 9.54. The van der Waals surface area contributed by atoms with Crippen LogP contribution >= 0.6 is 24.0 Å². The first-order valence-corrected chi connectivity index (χ1v) is 5.84. The van der Waals surface area contributed by atoms with E-state index in [0.29, 0.717) is 11.0 Å². The molecule has 1 rings (SSSR count). The van der Waals surface area contributed by atoms with Crippen LogP contribution in [0.5, 0.6) is 5.75 Å². The number of thioether (sulfide) groups is 1. The molecular weight excluding hydrogens is 216 g/mol. The average molecular weight is 228 g/mol. The zero-order chi connectivity index (χ0) is 10.4. The van der Waals surface area contributed by atoms with Crippen molar-refractivity contribution in [3.8, 4) is 5.75 Å². The molecule has 76 valence electrons. The minimum Gasteiger partial charge on any atom is -0.508 e. The van der Waals surface area contributed by atoms with Gasteiger partial charge in [-0.1, -0.05) is 6.92 Å². The van der Waals surface area contributed by atoms with Crippen LogP contribution in [-0.2, 0) is 4.74 Å². The van der Waals surface area contributed by atoms with Crippen molar-refractivity contribution < 1.29 is 9.84 Å². The van der Waals surface area contributed by atoms with E-state index in [1.165, 1.54) is 0 Å². The topological polar surface area (TPSA) is 29.5 Å². The predicted molar refractivity (Wildman–Crippen MR) is 63.9 cm³/mol. The number of ether oxygens (including phenoxy) is 1. The van der Waals surface area contributed by atoms with E-state index in [2.05, 4.69) is 6.92 Å². The van der Waals surface area contributed by atoms with Crippen LogP contribution in [0, 0.1) is 0 Å². The number of hydrogen-bond acceptors (Lipinski definition) is 4. The first-order valence-electron chi connectivity index (χ1n) is 4.28. The van der Waals surface area contributed by atoms with Gasteiger partial charge in [-0.2, -0.15) is 0 Å². The van der Waals surface area contributed by atoms with Gasteiger partial charge in [-0.05, 0) is 42.2 Å². The van der Waals surface area contributed by atoms with Gasteiger partial charge in [-0.3, -0.25) is 0 Å². The molecule has 0 aliphatic rings. The Morgan fingerprint density at radius 3 is 2.64 bits per heavy atom. The van der Waals surface area contributed by atoms with Crippen LogP contribution in [0.2, 0.25) is 0 Å². The van der Waals surface area contributed by atoms with Crippen LogP contribution in [0.4, 0.5) is 0 Å². The van der Waals surface area contributed by atoms with Gasteiger partial charge < -0.3 is 9.84 Å². The molecule has 0 saturated heterocycles. The fraction of sp³-hybridized carbons (Fsp3) is 0.300. The largest absolute Gasteiger partial charge is 0.508 e. The number of phenols is 1. The van der Waals surface area contributed by atoms with Crippen molar-refractivity contribution in [2.75, 3.05) is 11.7 Å². The molecule has 1 N–H and O–H groups in total. The highest BCUT2D eigenvalue weighted by Gasteiger charge is 2.01. The van der Waals surface area contributed by atoms with Gasteiger partial charge in [-0.15, -0.1) is 11.8 Å². The lowest BCUT2D eigenvalue weighted by Gasteiger charge is -2.06. The van der Waals surface area contributed by atoms with Gasteiger partial charge in [0, 0.05) is 5.56 Å². The summed E-state index contributed by atoms with van der Waals surface area (Å²) in [6.07, 6.45) is 0. The maximum absolute atomic E-state index is 9.06. The van der Waals surface area contributed by atoms with Crippen LogP contribution < -0.4 is 0 Å². The van der Waals surface area contributed by atoms with Crippen LogP contribution in [0.15, 0.2) is 24.3 Å². The fourth-order valence-electron chi connectivity index (χ4n) is 0.859. The molecule has 0 bridgehead atoms. The van der Waals surface area contributed by atoms with Gasteiger partial charge in [0.2, 0.25) is 0 Å². The summed E-state index contributed by atoms with van der Waals surface area (Å²) in [5.41, 5.74) is 0.828. The molecule has 0 amide bonds. The second-order valence-electron chi connectivity index (χ2n) is 2.59. The molecular formula is C10H12O2S2. The minimum atomic E-state index is 0.236. The summed E-state index contributed by atoms with van der Waals surface area (Å²) in [7, 11) is 0. The molecule has 0 aliphatic carbocycles. The van der Waals surface area contributed by atoms with E-state index in [0.717, 1.165) is 11.3 Å². The van der Waals surface area contributed by atoms with E-state index in [4.69, 9.17) is 22.1 Å². The monoisotopic (exact) mass is 228 g/mol. The molecule has 14 heavy (non-hydrogen) atoms. The minimum absolute atomic E-state index is 0.236. The van der Waals surface area contributed by atoms with Crippen molar-refractivity contribution in [1.82, 2.24) is 0 Å². The van der Waals surface area contributed by atoms with Gasteiger partial charge >= 0.3 is 0 Å². The van der Waals surface area contributed by atoms with Gasteiger partial charge in [0.05, 0.1) is 0 Å². The zero-order valence-electron chi connectivity index (χ0n) is 7.90. The third kappa shape index (κ3) is 3.55. The van der Waals surface area contributed by atoms with E-state index in [1.54, 1.807) is 36.0 Å². The molecule has 0 aliphatic heterocycles. The van der Waals surface area contributed by atoms with Crippen LogP contribution in [0.25, 0.3) is 0 Å². The van der Waals surface area contributed by atoms with Crippen molar-refractivity contribution in [2.45, 2.75) is 6.92 Å². The van der Waals surface area contributed by atoms with Gasteiger partial charge in [0.15, 0.2) is 5.05 Å². The second kappa shape index (κ2) is 5.88. The third-order valence-corrected chi connectivity index (χ3v) is 2.63. The fourth-order valence-corrected chi connectivity index (χ4v) is 1.50. The molecule has 4 heteroatoms. The maximum Gasteiger partial charge on any atom is 0.192 e. The van der Waals surface area contributed by atoms with E-state index in [1.807, 2.05) is 0 Å². The molecule has 0 radical (unpaired) electrons. The molecule has 0 saturated carbocycles. The second-order valence-corrected chi connectivity index (χ2v) is 4.18. The van der Waals surface area contributed by atoms with Crippen LogP contribution in [0.3, 0.4) is 0 Å². The molecule has 0 aromatic heterocycles. The highest BCUT2D eigenvalue weighted by atomic mass is 32.2. The Morgan fingerprint density at radius 2 is 2.07 bits per heavy atom. The summed E-state index contributed by atoms with van der Waals surface area (Å²) < 4.78 is 5.32. The lowest BCUT2D eigenvalue weighted by Crippen LogP contribution is -2.02. The summed E-state index contributed by atoms with van der Waals surface area (Å²) in [6, 6.07) is 6.68. The smallest absolute Gasteiger partial charge is 0.192 e. The summed E-state index contributed by atoms with van der Waals surface area (Å²) in [5.74, 6) is 1.83. The number of thiocarbonyl (C=S) groups is 1. The summed E-state index contributed by atoms with van der Waals surface area (Å²) in [6.45, 7) is 2.07. The maximum atomic E-state index is 9.06. The van der Waals surface area contributed by atoms with Crippen molar-refractivity contribution in [3.05, 3.63) is 29.8 Å². The Balaban J connectivity index is 2.48. The standard InChI is InChI=1S/C10H12O2S2/c1-2-14-7-12-10(13)8-3-5-9(11)6-4-8/h3-6,11H,2,7H2,1H3. The highest BCUT2D eigenvalue weighted by Crippen LogP contribution is 2.12. The lowest BCUT2D eigenvalue weighted by atomic mass is 10.2. The Morgan fingerprint density at radius 1 is 1.43 bits per heavy atom. The SMILES string of the molecule is CCSCOC(=S)c1ccc(O)cc1. The summed E-state index contributed by atoms with van der Waals surface area (Å²) >= 11 is 6.74. The van der Waals surface area contributed by atoms with Gasteiger partial charge in [-0.25, -0.2) is 0 Å². The number of benzene rings is 1. The third-order valence-electron chi connectivity index (χ3n) is 1.58. The highest BCUT2D eigenvalue weighted by molar-refractivity contribution is 7.99. The molecule has 0 unspecified atom stereocenters. The molecule has 0 spiro atoms. The summed E-state index contributed by atoms with van der Waals surface area (Å²) in [4.78, 5) is 0. The Bertz CT molecular complexity index is 295. The Hall–Kier alpha value is -0.740. The number of rotatable bonds is 4. The van der Waals surface area contributed by atoms with E-state index in [-0.39, 0.29) is 5.75 Å². The van der Waals surface area contributed by atoms with Crippen molar-refractivity contribution in [1.29, 1.82) is 0 Å². The van der Waals surface area contributed by atoms with Gasteiger partial charge in [0.1, 0.15) is 11.7 Å². The number of hydrogen-bond donors (Lipinski definition) is 1. The Kier molecular flexibility index (Phi) is 4.76. The van der Waals surface area contributed by atoms with Crippen LogP contribution in [-0.4, -0.2) is 21.8 Å². The quantitative estimate of drug-likeness (QED) is 0.487. The van der Waals surface area contributed by atoms with Crippen molar-refractivity contribution in [3.63, 3.8) is 0 Å². The van der Waals surface area contributed by atoms with Gasteiger partial charge in [0.25, 0.3) is 0 Å². The normalized spacial score (nSPS) is 9.79. The molecule has 0 atom stereocenters. The molecule has 0 fully saturated rings. The van der Waals surface area contributed by atoms with E-state index < -0.39 is 0 Å². The number of aromatic hydroxyl groups is 1. The van der Waals surface area contributed by atoms with E-state index >= 15 is 0 Å². The average Bonchev–Trinajstić information content (AvgIpc) is 2.19. The van der Waals surface area contributed by atoms with Crippen LogP contribution in [0.1, 0.15) is 12.5 Å². The molecule has 1 aromatic rings. The van der Waals surface area contributed by atoms with E-state index in [9.17, 15) is 0 Å². The number of phenolic OH excluding ortho intramolecular Hbond substituents is 1. The molecule has 0 heterocycles. The molecule has 2 nitrogen and oxygen atoms in total. The molecule has 1 aromatic carbocycles. The van der Waals surface area contributed by atoms with Crippen molar-refractivity contribution in [2.24, 2.45) is 0 Å². The predicted octanol–water partition coefficient (Wildman–Crippen LogP) is 2.79. The first-order chi connectivity index (χ1) is 6.74. The van der Waals surface area contributed by atoms with Crippen molar-refractivity contribution >= 4 is 29.0 Å².